The maximum absolute atomic E-state index is 12.7. The summed E-state index contributed by atoms with van der Waals surface area (Å²) >= 11 is 1.48. The molecule has 0 saturated carbocycles. The van der Waals surface area contributed by atoms with Crippen molar-refractivity contribution in [3.8, 4) is 5.69 Å². The normalized spacial score (nSPS) is 11.5. The van der Waals surface area contributed by atoms with Crippen molar-refractivity contribution in [2.75, 3.05) is 0 Å². The first-order valence-electron chi connectivity index (χ1n) is 9.05. The van der Waals surface area contributed by atoms with Crippen molar-refractivity contribution < 1.29 is 0 Å². The molecule has 9 heteroatoms. The lowest BCUT2D eigenvalue weighted by Gasteiger charge is -2.08. The van der Waals surface area contributed by atoms with Gasteiger partial charge in [-0.15, -0.1) is 15.3 Å². The fourth-order valence-electron chi connectivity index (χ4n) is 3.30. The molecule has 5 aromatic rings. The van der Waals surface area contributed by atoms with Gasteiger partial charge >= 0.3 is 0 Å². The van der Waals surface area contributed by atoms with Gasteiger partial charge in [-0.3, -0.25) is 13.8 Å². The lowest BCUT2D eigenvalue weighted by Crippen LogP contribution is -2.20. The Labute approximate surface area is 169 Å². The van der Waals surface area contributed by atoms with E-state index in [0.717, 1.165) is 22.6 Å². The molecule has 2 aromatic carbocycles. The molecule has 144 valence electrons. The monoisotopic (exact) mass is 403 g/mol. The topological polar surface area (TPSA) is 82.9 Å². The molecule has 0 N–H and O–H groups in total. The Hall–Kier alpha value is -3.46. The zero-order valence-electron chi connectivity index (χ0n) is 15.9. The van der Waals surface area contributed by atoms with Crippen LogP contribution in [0, 0.1) is 6.92 Å². The Bertz CT molecular complexity index is 1400. The van der Waals surface area contributed by atoms with Gasteiger partial charge in [0.1, 0.15) is 12.2 Å². The van der Waals surface area contributed by atoms with E-state index in [0.29, 0.717) is 22.1 Å². The fourth-order valence-corrected chi connectivity index (χ4v) is 4.01. The minimum atomic E-state index is -0.0777. The first-order valence-corrected chi connectivity index (χ1v) is 10.0. The molecule has 0 aliphatic rings. The van der Waals surface area contributed by atoms with Gasteiger partial charge in [-0.05, 0) is 31.2 Å². The van der Waals surface area contributed by atoms with Crippen molar-refractivity contribution >= 4 is 28.4 Å². The molecule has 3 aromatic heterocycles. The highest BCUT2D eigenvalue weighted by Gasteiger charge is 2.15. The van der Waals surface area contributed by atoms with Crippen LogP contribution in [0.4, 0.5) is 0 Å². The fraction of sp³-hybridized carbons (Fsp3) is 0.150. The summed E-state index contributed by atoms with van der Waals surface area (Å²) < 4.78 is 5.20. The Morgan fingerprint density at radius 3 is 2.72 bits per heavy atom. The summed E-state index contributed by atoms with van der Waals surface area (Å²) in [6, 6.07) is 15.7. The lowest BCUT2D eigenvalue weighted by molar-refractivity contribution is 0.833. The van der Waals surface area contributed by atoms with Crippen molar-refractivity contribution in [3.63, 3.8) is 0 Å². The minimum Gasteiger partial charge on any atom is -0.279 e. The maximum Gasteiger partial charge on any atom is 0.262 e. The number of aryl methyl sites for hydroxylation is 2. The lowest BCUT2D eigenvalue weighted by atomic mass is 10.1. The van der Waals surface area contributed by atoms with Gasteiger partial charge < -0.3 is 0 Å². The summed E-state index contributed by atoms with van der Waals surface area (Å²) in [5.41, 5.74) is 2.72. The number of aromatic nitrogens is 7. The molecular formula is C20H17N7OS. The molecule has 0 amide bonds. The molecule has 0 spiro atoms. The molecular weight excluding hydrogens is 386 g/mol. The van der Waals surface area contributed by atoms with Crippen LogP contribution >= 0.6 is 11.8 Å². The van der Waals surface area contributed by atoms with Crippen LogP contribution in [0.3, 0.4) is 0 Å². The van der Waals surface area contributed by atoms with E-state index in [-0.39, 0.29) is 5.56 Å². The van der Waals surface area contributed by atoms with E-state index < -0.39 is 0 Å². The van der Waals surface area contributed by atoms with Gasteiger partial charge in [-0.2, -0.15) is 0 Å². The van der Waals surface area contributed by atoms with E-state index in [1.807, 2.05) is 59.9 Å². The van der Waals surface area contributed by atoms with Crippen LogP contribution in [0.15, 0.2) is 64.8 Å². The van der Waals surface area contributed by atoms with Crippen LogP contribution < -0.4 is 5.56 Å². The SMILES string of the molecule is Cc1ccc2c(c1)c(=O)n(C)c1nnc(CSc3ncn(-c4ccccc4)n3)n21. The first-order chi connectivity index (χ1) is 14.1. The molecule has 0 aliphatic carbocycles. The second-order valence-electron chi connectivity index (χ2n) is 6.73. The largest absolute Gasteiger partial charge is 0.279 e. The molecule has 8 nitrogen and oxygen atoms in total. The zero-order valence-corrected chi connectivity index (χ0v) is 16.7. The van der Waals surface area contributed by atoms with E-state index in [1.54, 1.807) is 18.1 Å². The average molecular weight is 403 g/mol. The molecule has 0 unspecified atom stereocenters. The minimum absolute atomic E-state index is 0.0777. The molecule has 0 fully saturated rings. The van der Waals surface area contributed by atoms with Gasteiger partial charge in [0.05, 0.1) is 22.3 Å². The van der Waals surface area contributed by atoms with Crippen molar-refractivity contribution in [1.82, 2.24) is 33.9 Å². The summed E-state index contributed by atoms with van der Waals surface area (Å²) in [5.74, 6) is 1.79. The van der Waals surface area contributed by atoms with E-state index >= 15 is 0 Å². The highest BCUT2D eigenvalue weighted by atomic mass is 32.2. The Balaban J connectivity index is 1.51. The Morgan fingerprint density at radius 1 is 1.07 bits per heavy atom. The zero-order chi connectivity index (χ0) is 20.0. The smallest absolute Gasteiger partial charge is 0.262 e. The molecule has 0 saturated heterocycles. The number of nitrogens with zero attached hydrogens (tertiary/aromatic N) is 7. The molecule has 3 heterocycles. The second kappa shape index (κ2) is 6.85. The van der Waals surface area contributed by atoms with E-state index in [1.165, 1.54) is 16.3 Å². The molecule has 0 atom stereocenters. The predicted octanol–water partition coefficient (Wildman–Crippen LogP) is 2.76. The number of fused-ring (bicyclic) bond motifs is 3. The first kappa shape index (κ1) is 17.6. The van der Waals surface area contributed by atoms with E-state index in [4.69, 9.17) is 0 Å². The van der Waals surface area contributed by atoms with Crippen LogP contribution in [0.2, 0.25) is 0 Å². The number of thioether (sulfide) groups is 1. The maximum atomic E-state index is 12.7. The van der Waals surface area contributed by atoms with Crippen molar-refractivity contribution in [2.24, 2.45) is 7.05 Å². The van der Waals surface area contributed by atoms with Crippen LogP contribution in [0.1, 0.15) is 11.4 Å². The number of rotatable bonds is 4. The van der Waals surface area contributed by atoms with Gasteiger partial charge in [0.2, 0.25) is 10.9 Å². The van der Waals surface area contributed by atoms with Gasteiger partial charge in [0.15, 0.2) is 0 Å². The molecule has 29 heavy (non-hydrogen) atoms. The van der Waals surface area contributed by atoms with Crippen molar-refractivity contribution in [3.05, 3.63) is 76.6 Å². The molecule has 0 bridgehead atoms. The second-order valence-corrected chi connectivity index (χ2v) is 7.67. The van der Waals surface area contributed by atoms with Crippen LogP contribution in [0.25, 0.3) is 22.4 Å². The van der Waals surface area contributed by atoms with Gasteiger partial charge in [-0.1, -0.05) is 41.6 Å². The summed E-state index contributed by atoms with van der Waals surface area (Å²) in [4.78, 5) is 17.1. The predicted molar refractivity (Wildman–Crippen MR) is 111 cm³/mol. The third-order valence-corrected chi connectivity index (χ3v) is 5.61. The summed E-state index contributed by atoms with van der Waals surface area (Å²) in [6.07, 6.45) is 1.70. The summed E-state index contributed by atoms with van der Waals surface area (Å²) in [6.45, 7) is 1.97. The summed E-state index contributed by atoms with van der Waals surface area (Å²) in [7, 11) is 1.72. The number of hydrogen-bond donors (Lipinski definition) is 0. The highest BCUT2D eigenvalue weighted by Crippen LogP contribution is 2.22. The van der Waals surface area contributed by atoms with Gasteiger partial charge in [-0.25, -0.2) is 9.67 Å². The molecule has 0 radical (unpaired) electrons. The van der Waals surface area contributed by atoms with Crippen molar-refractivity contribution in [2.45, 2.75) is 17.8 Å². The molecule has 0 aliphatic heterocycles. The van der Waals surface area contributed by atoms with Gasteiger partial charge in [0, 0.05) is 7.05 Å². The van der Waals surface area contributed by atoms with E-state index in [9.17, 15) is 4.79 Å². The Morgan fingerprint density at radius 2 is 1.90 bits per heavy atom. The number of benzene rings is 2. The van der Waals surface area contributed by atoms with Crippen LogP contribution in [0.5, 0.6) is 0 Å². The average Bonchev–Trinajstić information content (AvgIpc) is 3.38. The molecule has 5 rings (SSSR count). The Kier molecular flexibility index (Phi) is 4.17. The number of para-hydroxylation sites is 1. The van der Waals surface area contributed by atoms with E-state index in [2.05, 4.69) is 20.3 Å². The van der Waals surface area contributed by atoms with Gasteiger partial charge in [0.25, 0.3) is 5.56 Å². The van der Waals surface area contributed by atoms with Crippen LogP contribution in [-0.2, 0) is 12.8 Å². The summed E-state index contributed by atoms with van der Waals surface area (Å²) in [5, 5.41) is 14.4. The third-order valence-electron chi connectivity index (χ3n) is 4.76. The van der Waals surface area contributed by atoms with Crippen LogP contribution in [-0.4, -0.2) is 33.9 Å². The standard InChI is InChI=1S/C20H17N7OS/c1-13-8-9-16-15(10-13)18(28)25(2)20-23-22-17(27(16)20)11-29-19-21-12-26(24-19)14-6-4-3-5-7-14/h3-10,12H,11H2,1-2H3. The third kappa shape index (κ3) is 2.99. The quantitative estimate of drug-likeness (QED) is 0.429. The van der Waals surface area contributed by atoms with Crippen molar-refractivity contribution in [1.29, 1.82) is 0 Å². The highest BCUT2D eigenvalue weighted by molar-refractivity contribution is 7.98. The number of hydrogen-bond acceptors (Lipinski definition) is 6.